The third kappa shape index (κ3) is 5.00. The summed E-state index contributed by atoms with van der Waals surface area (Å²) in [4.78, 5) is 18.2. The highest BCUT2D eigenvalue weighted by Crippen LogP contribution is 2.28. The van der Waals surface area contributed by atoms with Crippen molar-refractivity contribution in [1.29, 1.82) is 0 Å². The minimum atomic E-state index is -0.0869. The minimum Gasteiger partial charge on any atom is -0.461 e. The summed E-state index contributed by atoms with van der Waals surface area (Å²) in [6.45, 7) is 5.09. The average molecular weight is 474 g/mol. The fraction of sp³-hybridized carbons (Fsp3) is 0.238. The molecule has 0 unspecified atom stereocenters. The highest BCUT2D eigenvalue weighted by Gasteiger charge is 2.16. The van der Waals surface area contributed by atoms with E-state index in [1.807, 2.05) is 54.8 Å². The number of hydrogen-bond donors (Lipinski definition) is 1. The molecule has 0 fully saturated rings. The first-order valence-electron chi connectivity index (χ1n) is 9.64. The molecule has 160 valence electrons. The van der Waals surface area contributed by atoms with E-state index in [4.69, 9.17) is 16.0 Å². The molecule has 1 aromatic carbocycles. The van der Waals surface area contributed by atoms with Crippen LogP contribution in [-0.2, 0) is 17.9 Å². The van der Waals surface area contributed by atoms with E-state index in [0.717, 1.165) is 21.1 Å². The fourth-order valence-electron chi connectivity index (χ4n) is 3.03. The van der Waals surface area contributed by atoms with Crippen LogP contribution in [-0.4, -0.2) is 31.4 Å². The second kappa shape index (κ2) is 9.67. The summed E-state index contributed by atoms with van der Waals surface area (Å²) in [5.41, 5.74) is 1.93. The molecule has 4 aromatic rings. The van der Waals surface area contributed by atoms with Gasteiger partial charge in [-0.15, -0.1) is 21.5 Å². The van der Waals surface area contributed by atoms with Gasteiger partial charge < -0.3 is 9.73 Å². The number of nitrogens with zero attached hydrogens (tertiary/aromatic N) is 4. The first-order chi connectivity index (χ1) is 15.0. The Morgan fingerprint density at radius 3 is 2.77 bits per heavy atom. The van der Waals surface area contributed by atoms with E-state index >= 15 is 0 Å². The number of thioether (sulfide) groups is 1. The number of nitrogens with one attached hydrogen (secondary N) is 1. The smallest absolute Gasteiger partial charge is 0.230 e. The molecule has 0 aliphatic carbocycles. The van der Waals surface area contributed by atoms with Crippen molar-refractivity contribution in [2.75, 3.05) is 5.75 Å². The number of halogens is 1. The molecular formula is C21H20ClN5O2S2. The fourth-order valence-corrected chi connectivity index (χ4v) is 4.88. The van der Waals surface area contributed by atoms with E-state index in [-0.39, 0.29) is 11.7 Å². The molecule has 0 aliphatic heterocycles. The van der Waals surface area contributed by atoms with Crippen LogP contribution in [0.3, 0.4) is 0 Å². The van der Waals surface area contributed by atoms with Crippen LogP contribution in [0.5, 0.6) is 0 Å². The van der Waals surface area contributed by atoms with E-state index in [0.29, 0.717) is 34.9 Å². The molecule has 31 heavy (non-hydrogen) atoms. The molecule has 0 radical (unpaired) electrons. The first-order valence-corrected chi connectivity index (χ1v) is 11.8. The molecule has 0 saturated heterocycles. The summed E-state index contributed by atoms with van der Waals surface area (Å²) in [5, 5.41) is 13.6. The summed E-state index contributed by atoms with van der Waals surface area (Å²) in [6.07, 6.45) is 1.60. The number of aryl methyl sites for hydroxylation is 1. The van der Waals surface area contributed by atoms with Crippen LogP contribution in [0.25, 0.3) is 22.8 Å². The van der Waals surface area contributed by atoms with Gasteiger partial charge in [0.05, 0.1) is 24.3 Å². The van der Waals surface area contributed by atoms with E-state index in [1.54, 1.807) is 17.6 Å². The molecular weight excluding hydrogens is 454 g/mol. The number of aromatic nitrogens is 4. The minimum absolute atomic E-state index is 0.0869. The van der Waals surface area contributed by atoms with Crippen molar-refractivity contribution in [2.45, 2.75) is 32.1 Å². The Balaban J connectivity index is 1.34. The summed E-state index contributed by atoms with van der Waals surface area (Å²) in [6, 6.07) is 11.2. The van der Waals surface area contributed by atoms with Gasteiger partial charge in [0.15, 0.2) is 16.7 Å². The largest absolute Gasteiger partial charge is 0.461 e. The van der Waals surface area contributed by atoms with Crippen molar-refractivity contribution >= 4 is 40.6 Å². The molecule has 0 saturated carbocycles. The van der Waals surface area contributed by atoms with Crippen LogP contribution in [0.15, 0.2) is 52.2 Å². The molecule has 1 amide bonds. The number of carbonyl (C=O) groups is 1. The summed E-state index contributed by atoms with van der Waals surface area (Å²) in [7, 11) is 0. The van der Waals surface area contributed by atoms with Gasteiger partial charge >= 0.3 is 0 Å². The van der Waals surface area contributed by atoms with Crippen molar-refractivity contribution < 1.29 is 9.21 Å². The third-order valence-corrected chi connectivity index (χ3v) is 6.69. The Hall–Kier alpha value is -2.62. The van der Waals surface area contributed by atoms with Gasteiger partial charge in [0.1, 0.15) is 5.01 Å². The van der Waals surface area contributed by atoms with Gasteiger partial charge in [-0.25, -0.2) is 4.98 Å². The second-order valence-corrected chi connectivity index (χ2v) is 9.28. The van der Waals surface area contributed by atoms with Crippen molar-refractivity contribution in [3.05, 3.63) is 57.6 Å². The number of amides is 1. The first kappa shape index (κ1) is 21.6. The monoisotopic (exact) mass is 473 g/mol. The highest BCUT2D eigenvalue weighted by molar-refractivity contribution is 7.99. The molecule has 4 rings (SSSR count). The zero-order valence-electron chi connectivity index (χ0n) is 17.0. The van der Waals surface area contributed by atoms with Crippen molar-refractivity contribution in [3.63, 3.8) is 0 Å². The lowest BCUT2D eigenvalue weighted by atomic mass is 10.1. The molecule has 3 aromatic heterocycles. The Labute approximate surface area is 192 Å². The molecule has 7 nitrogen and oxygen atoms in total. The van der Waals surface area contributed by atoms with Gasteiger partial charge in [0.25, 0.3) is 0 Å². The lowest BCUT2D eigenvalue weighted by molar-refractivity contribution is -0.118. The Morgan fingerprint density at radius 1 is 1.26 bits per heavy atom. The summed E-state index contributed by atoms with van der Waals surface area (Å²) in [5.74, 6) is 1.46. The topological polar surface area (TPSA) is 85.8 Å². The zero-order valence-corrected chi connectivity index (χ0v) is 19.4. The van der Waals surface area contributed by atoms with Gasteiger partial charge in [-0.1, -0.05) is 35.5 Å². The quantitative estimate of drug-likeness (QED) is 0.360. The van der Waals surface area contributed by atoms with Crippen LogP contribution in [0.2, 0.25) is 5.02 Å². The Morgan fingerprint density at radius 2 is 2.06 bits per heavy atom. The van der Waals surface area contributed by atoms with E-state index in [2.05, 4.69) is 20.5 Å². The zero-order chi connectivity index (χ0) is 21.8. The van der Waals surface area contributed by atoms with Gasteiger partial charge in [-0.3, -0.25) is 9.36 Å². The number of furan rings is 1. The SMILES string of the molecule is CCn1c(SCC(=O)NCc2nc(-c3ccc(Cl)cc3)c(C)s2)nnc1-c1ccco1. The maximum Gasteiger partial charge on any atom is 0.230 e. The number of hydrogen-bond acceptors (Lipinski definition) is 7. The summed E-state index contributed by atoms with van der Waals surface area (Å²) >= 11 is 8.89. The molecule has 0 atom stereocenters. The van der Waals surface area contributed by atoms with E-state index in [9.17, 15) is 4.79 Å². The van der Waals surface area contributed by atoms with Gasteiger partial charge in [-0.05, 0) is 38.1 Å². The number of benzene rings is 1. The van der Waals surface area contributed by atoms with Gasteiger partial charge in [-0.2, -0.15) is 0 Å². The standard InChI is InChI=1S/C21H20ClN5O2S2/c1-3-27-20(16-5-4-10-29-16)25-26-21(27)30-12-17(28)23-11-18-24-19(13(2)31-18)14-6-8-15(22)9-7-14/h4-10H,3,11-12H2,1-2H3,(H,23,28). The Bertz CT molecular complexity index is 1170. The van der Waals surface area contributed by atoms with Crippen LogP contribution >= 0.6 is 34.7 Å². The predicted molar refractivity (Wildman–Crippen MR) is 123 cm³/mol. The van der Waals surface area contributed by atoms with Crippen LogP contribution in [0, 0.1) is 6.92 Å². The van der Waals surface area contributed by atoms with E-state index < -0.39 is 0 Å². The number of thiazole rings is 1. The van der Waals surface area contributed by atoms with E-state index in [1.165, 1.54) is 11.8 Å². The molecule has 0 spiro atoms. The number of rotatable bonds is 8. The van der Waals surface area contributed by atoms with Gasteiger partial charge in [0, 0.05) is 22.0 Å². The molecule has 0 bridgehead atoms. The average Bonchev–Trinajstić information content (AvgIpc) is 3.50. The summed E-state index contributed by atoms with van der Waals surface area (Å²) < 4.78 is 7.34. The normalized spacial score (nSPS) is 11.1. The maximum absolute atomic E-state index is 12.4. The van der Waals surface area contributed by atoms with Crippen molar-refractivity contribution in [2.24, 2.45) is 0 Å². The van der Waals surface area contributed by atoms with Crippen LogP contribution in [0.1, 0.15) is 16.8 Å². The predicted octanol–water partition coefficient (Wildman–Crippen LogP) is 5.05. The second-order valence-electron chi connectivity index (χ2n) is 6.61. The maximum atomic E-state index is 12.4. The highest BCUT2D eigenvalue weighted by atomic mass is 35.5. The molecule has 0 aliphatic rings. The lowest BCUT2D eigenvalue weighted by Gasteiger charge is -2.06. The molecule has 10 heteroatoms. The lowest BCUT2D eigenvalue weighted by Crippen LogP contribution is -2.24. The third-order valence-electron chi connectivity index (χ3n) is 4.50. The Kier molecular flexibility index (Phi) is 6.74. The molecule has 3 heterocycles. The van der Waals surface area contributed by atoms with Crippen LogP contribution in [0.4, 0.5) is 0 Å². The van der Waals surface area contributed by atoms with Gasteiger partial charge in [0.2, 0.25) is 5.91 Å². The van der Waals surface area contributed by atoms with Crippen molar-refractivity contribution in [1.82, 2.24) is 25.1 Å². The molecule has 1 N–H and O–H groups in total. The number of carbonyl (C=O) groups excluding carboxylic acids is 1. The van der Waals surface area contributed by atoms with Crippen LogP contribution < -0.4 is 5.32 Å². The van der Waals surface area contributed by atoms with Crippen molar-refractivity contribution in [3.8, 4) is 22.8 Å².